The molecule has 4 aromatic rings. The summed E-state index contributed by atoms with van der Waals surface area (Å²) in [5.74, 6) is 1.91. The number of unbranched alkanes of at least 4 members (excludes halogenated alkanes) is 14. The summed E-state index contributed by atoms with van der Waals surface area (Å²) in [6.07, 6.45) is 23.9. The van der Waals surface area contributed by atoms with Gasteiger partial charge in [-0.1, -0.05) is 122 Å². The molecule has 3 aromatic carbocycles. The van der Waals surface area contributed by atoms with Crippen molar-refractivity contribution in [3.63, 3.8) is 0 Å². The van der Waals surface area contributed by atoms with Crippen molar-refractivity contribution >= 4 is 39.4 Å². The average Bonchev–Trinajstić information content (AvgIpc) is 3.77. The molecule has 0 fully saturated rings. The second-order valence-corrected chi connectivity index (χ2v) is 16.0. The zero-order chi connectivity index (χ0) is 40.9. The highest BCUT2D eigenvalue weighted by Gasteiger charge is 2.35. The minimum atomic E-state index is -0.304. The van der Waals surface area contributed by atoms with E-state index < -0.39 is 0 Å². The smallest absolute Gasteiger partial charge is 0.375 e. The molecule has 1 aliphatic heterocycles. The summed E-state index contributed by atoms with van der Waals surface area (Å²) in [7, 11) is 0. The number of carbonyl (C=O) groups is 1. The van der Waals surface area contributed by atoms with Gasteiger partial charge in [-0.25, -0.2) is 0 Å². The van der Waals surface area contributed by atoms with Crippen molar-refractivity contribution < 1.29 is 28.4 Å². The second-order valence-electron chi connectivity index (χ2n) is 16.0. The Morgan fingerprint density at radius 2 is 1.55 bits per heavy atom. The van der Waals surface area contributed by atoms with Crippen LogP contribution in [-0.4, -0.2) is 23.5 Å². The van der Waals surface area contributed by atoms with E-state index in [1.165, 1.54) is 83.1 Å². The molecule has 0 amide bonds. The van der Waals surface area contributed by atoms with Crippen LogP contribution in [0.2, 0.25) is 0 Å². The van der Waals surface area contributed by atoms with Gasteiger partial charge in [-0.3, -0.25) is 4.79 Å². The maximum absolute atomic E-state index is 13.7. The van der Waals surface area contributed by atoms with E-state index in [1.54, 1.807) is 12.2 Å². The van der Waals surface area contributed by atoms with Crippen LogP contribution in [0.25, 0.3) is 27.9 Å². The van der Waals surface area contributed by atoms with Crippen LogP contribution in [0.3, 0.4) is 0 Å². The minimum Gasteiger partial charge on any atom is -0.506 e. The molecular weight excluding hydrogens is 723 g/mol. The number of allylic oxidation sites excluding steroid dienone is 5. The highest BCUT2D eigenvalue weighted by Crippen LogP contribution is 2.43. The summed E-state index contributed by atoms with van der Waals surface area (Å²) < 4.78 is 20.9. The molecule has 0 saturated carbocycles. The first-order valence-electron chi connectivity index (χ1n) is 22.0. The van der Waals surface area contributed by atoms with Gasteiger partial charge in [0, 0.05) is 19.0 Å². The quantitative estimate of drug-likeness (QED) is 0.0346. The van der Waals surface area contributed by atoms with Gasteiger partial charge >= 0.3 is 5.89 Å². The molecule has 0 spiro atoms. The lowest BCUT2D eigenvalue weighted by molar-refractivity contribution is -0.677. The molecule has 6 rings (SSSR count). The summed E-state index contributed by atoms with van der Waals surface area (Å²) in [5, 5.41) is 23.9. The van der Waals surface area contributed by atoms with Crippen LogP contribution >= 0.6 is 0 Å². The van der Waals surface area contributed by atoms with Gasteiger partial charge in [-0.15, -0.1) is 0 Å². The van der Waals surface area contributed by atoms with Crippen molar-refractivity contribution in [1.82, 2.24) is 0 Å². The number of rotatable bonds is 23. The Bertz CT molecular complexity index is 2210. The summed E-state index contributed by atoms with van der Waals surface area (Å²) >= 11 is 0. The normalized spacial score (nSPS) is 15.6. The molecule has 2 aliphatic rings. The van der Waals surface area contributed by atoms with E-state index in [1.807, 2.05) is 55.1 Å². The summed E-state index contributed by atoms with van der Waals surface area (Å²) in [6.45, 7) is 9.88. The van der Waals surface area contributed by atoms with E-state index in [0.717, 1.165) is 65.5 Å². The predicted octanol–water partition coefficient (Wildman–Crippen LogP) is 12.9. The number of Topliss-reactive ketones (excluding diaryl/α,β-unsaturated/α-hetero) is 1. The molecule has 1 aliphatic carbocycles. The molecule has 8 heteroatoms. The molecular formula is C50H62N3O5+. The highest BCUT2D eigenvalue weighted by atomic mass is 16.5. The van der Waals surface area contributed by atoms with E-state index in [0.29, 0.717) is 24.1 Å². The van der Waals surface area contributed by atoms with Gasteiger partial charge in [0.15, 0.2) is 12.3 Å². The SMILES string of the molecule is CCCCCCCCCCN1C(=C(C#N)C=CC2=C(O)C(=Cc3oc4ccc5ccccc5c4[n+]3CCCCCCCCCC)C2=O)Oc2ccc(OC(C)C)cc21. The van der Waals surface area contributed by atoms with E-state index in [9.17, 15) is 15.2 Å². The first-order chi connectivity index (χ1) is 28.3. The van der Waals surface area contributed by atoms with Crippen molar-refractivity contribution in [2.45, 2.75) is 143 Å². The monoisotopic (exact) mass is 784 g/mol. The number of benzene rings is 3. The number of anilines is 1. The van der Waals surface area contributed by atoms with Gasteiger partial charge in [0.2, 0.25) is 17.2 Å². The van der Waals surface area contributed by atoms with Crippen molar-refractivity contribution in [1.29, 1.82) is 5.26 Å². The Kier molecular flexibility index (Phi) is 15.3. The van der Waals surface area contributed by atoms with Crippen LogP contribution in [0.1, 0.15) is 136 Å². The van der Waals surface area contributed by atoms with Gasteiger partial charge in [0.25, 0.3) is 5.52 Å². The second kappa shape index (κ2) is 20.9. The zero-order valence-electron chi connectivity index (χ0n) is 35.2. The lowest BCUT2D eigenvalue weighted by Gasteiger charge is -2.20. The third-order valence-corrected chi connectivity index (χ3v) is 11.2. The van der Waals surface area contributed by atoms with E-state index in [4.69, 9.17) is 13.9 Å². The number of hydrogen-bond acceptors (Lipinski definition) is 7. The highest BCUT2D eigenvalue weighted by molar-refractivity contribution is 6.23. The molecule has 1 N–H and O–H groups in total. The topological polar surface area (TPSA) is 99.8 Å². The molecule has 58 heavy (non-hydrogen) atoms. The standard InChI is InChI=1S/C50H61N3O5/c1-5-7-9-11-13-15-17-21-31-52-43-33-39(56-36(3)4)27-30-44(43)58-50(52)38(35-51)25-28-41-48(54)42(49(41)55)34-46-53(32-22-18-16-14-12-10-8-6-2)47-40-24-20-19-23-37(40)26-29-45(47)57-46/h19-20,23-30,33-34,36H,5-18,21-22,31-32H2,1-4H3/p+1. The Morgan fingerprint density at radius 3 is 2.22 bits per heavy atom. The Labute approximate surface area is 345 Å². The lowest BCUT2D eigenvalue weighted by Crippen LogP contribution is -2.36. The number of ketones is 1. The van der Waals surface area contributed by atoms with Gasteiger partial charge in [-0.2, -0.15) is 9.83 Å². The number of hydrogen-bond donors (Lipinski definition) is 1. The van der Waals surface area contributed by atoms with Crippen LogP contribution in [0, 0.1) is 11.3 Å². The number of aliphatic hydroxyl groups excluding tert-OH is 1. The van der Waals surface area contributed by atoms with Gasteiger partial charge < -0.3 is 23.9 Å². The van der Waals surface area contributed by atoms with E-state index in [-0.39, 0.29) is 34.4 Å². The Hall–Kier alpha value is -5.29. The largest absolute Gasteiger partial charge is 0.506 e. The number of oxazole rings is 1. The van der Waals surface area contributed by atoms with Crippen LogP contribution in [0.4, 0.5) is 5.69 Å². The fourth-order valence-electron chi connectivity index (χ4n) is 8.02. The third-order valence-electron chi connectivity index (χ3n) is 11.2. The minimum absolute atomic E-state index is 0.0147. The van der Waals surface area contributed by atoms with Crippen LogP contribution in [-0.2, 0) is 11.3 Å². The molecule has 306 valence electrons. The average molecular weight is 785 g/mol. The number of aliphatic hydroxyl groups is 1. The molecule has 0 atom stereocenters. The molecule has 1 aromatic heterocycles. The number of carbonyl (C=O) groups excluding carboxylic acids is 1. The number of aromatic nitrogens is 1. The molecule has 0 unspecified atom stereocenters. The number of ether oxygens (including phenoxy) is 2. The maximum atomic E-state index is 13.7. The molecule has 2 heterocycles. The Morgan fingerprint density at radius 1 is 0.879 bits per heavy atom. The van der Waals surface area contributed by atoms with E-state index >= 15 is 0 Å². The van der Waals surface area contributed by atoms with Crippen molar-refractivity contribution in [2.75, 3.05) is 11.4 Å². The Balaban J connectivity index is 1.23. The first-order valence-corrected chi connectivity index (χ1v) is 22.0. The number of fused-ring (bicyclic) bond motifs is 4. The predicted molar refractivity (Wildman–Crippen MR) is 234 cm³/mol. The number of nitriles is 1. The van der Waals surface area contributed by atoms with Crippen molar-refractivity contribution in [2.24, 2.45) is 0 Å². The fraction of sp³-hybridized carbons (Fsp3) is 0.460. The van der Waals surface area contributed by atoms with Crippen LogP contribution < -0.4 is 18.9 Å². The van der Waals surface area contributed by atoms with E-state index in [2.05, 4.69) is 42.7 Å². The maximum Gasteiger partial charge on any atom is 0.375 e. The summed E-state index contributed by atoms with van der Waals surface area (Å²) in [6, 6.07) is 20.3. The number of aryl methyl sites for hydroxylation is 1. The van der Waals surface area contributed by atoms with Crippen molar-refractivity contribution in [3.05, 3.63) is 101 Å². The van der Waals surface area contributed by atoms with Crippen LogP contribution in [0.15, 0.2) is 99.5 Å². The third kappa shape index (κ3) is 10.2. The molecule has 8 nitrogen and oxygen atoms in total. The van der Waals surface area contributed by atoms with Gasteiger partial charge in [0.1, 0.15) is 23.2 Å². The van der Waals surface area contributed by atoms with Crippen LogP contribution in [0.5, 0.6) is 11.5 Å². The van der Waals surface area contributed by atoms with Crippen molar-refractivity contribution in [3.8, 4) is 17.6 Å². The summed E-state index contributed by atoms with van der Waals surface area (Å²) in [4.78, 5) is 15.7. The van der Waals surface area contributed by atoms with Gasteiger partial charge in [0.05, 0.1) is 34.4 Å². The molecule has 0 radical (unpaired) electrons. The zero-order valence-corrected chi connectivity index (χ0v) is 35.2. The molecule has 0 saturated heterocycles. The lowest BCUT2D eigenvalue weighted by atomic mass is 9.87. The first kappa shape index (κ1) is 42.3. The molecule has 0 bridgehead atoms. The number of nitrogens with zero attached hydrogens (tertiary/aromatic N) is 3. The summed E-state index contributed by atoms with van der Waals surface area (Å²) in [5.41, 5.74) is 3.18. The fourth-order valence-corrected chi connectivity index (χ4v) is 8.02. The van der Waals surface area contributed by atoms with Gasteiger partial charge in [-0.05, 0) is 68.5 Å².